The molecule has 16 heavy (non-hydrogen) atoms. The van der Waals surface area contributed by atoms with Gasteiger partial charge in [0.1, 0.15) is 11.6 Å². The van der Waals surface area contributed by atoms with Crippen molar-refractivity contribution < 1.29 is 9.53 Å². The van der Waals surface area contributed by atoms with Gasteiger partial charge < -0.3 is 4.74 Å². The summed E-state index contributed by atoms with van der Waals surface area (Å²) >= 11 is 0. The molecule has 0 saturated heterocycles. The van der Waals surface area contributed by atoms with Crippen LogP contribution in [0.25, 0.3) is 6.08 Å². The highest BCUT2D eigenvalue weighted by Gasteiger charge is 2.09. The van der Waals surface area contributed by atoms with Gasteiger partial charge >= 0.3 is 5.97 Å². The largest absolute Gasteiger partial charge is 0.462 e. The molecule has 0 aliphatic rings. The van der Waals surface area contributed by atoms with Crippen molar-refractivity contribution in [3.05, 3.63) is 41.0 Å². The summed E-state index contributed by atoms with van der Waals surface area (Å²) in [5.74, 6) is -0.577. The van der Waals surface area contributed by atoms with Crippen LogP contribution in [-0.2, 0) is 9.53 Å². The molecule has 0 aliphatic carbocycles. The number of carbonyl (C=O) groups excluding carboxylic acids is 1. The molecule has 0 saturated carbocycles. The Morgan fingerprint density at radius 1 is 1.56 bits per heavy atom. The molecule has 0 fully saturated rings. The third-order valence-corrected chi connectivity index (χ3v) is 1.97. The molecule has 0 atom stereocenters. The van der Waals surface area contributed by atoms with Crippen molar-refractivity contribution >= 4 is 12.0 Å². The summed E-state index contributed by atoms with van der Waals surface area (Å²) in [6, 6.07) is 9.41. The van der Waals surface area contributed by atoms with Gasteiger partial charge in [0.05, 0.1) is 6.61 Å². The van der Waals surface area contributed by atoms with Crippen molar-refractivity contribution in [3.8, 4) is 6.07 Å². The predicted molar refractivity (Wildman–Crippen MR) is 61.4 cm³/mol. The van der Waals surface area contributed by atoms with Gasteiger partial charge in [-0.2, -0.15) is 5.26 Å². The average Bonchev–Trinajstić information content (AvgIpc) is 2.26. The molecule has 1 aromatic rings. The van der Waals surface area contributed by atoms with E-state index in [0.29, 0.717) is 0 Å². The molecular formula is C13H13NO2. The van der Waals surface area contributed by atoms with Crippen LogP contribution < -0.4 is 0 Å². The quantitative estimate of drug-likeness (QED) is 0.442. The van der Waals surface area contributed by atoms with Crippen LogP contribution in [0.1, 0.15) is 18.1 Å². The highest BCUT2D eigenvalue weighted by atomic mass is 16.5. The number of ether oxygens (including phenoxy) is 1. The first kappa shape index (κ1) is 12.0. The molecule has 1 rings (SSSR count). The standard InChI is InChI=1S/C13H13NO2/c1-3-16-13(15)12(9-14)8-11-6-4-5-10(2)7-11/h4-8H,3H2,1-2H3/b12-8+. The van der Waals surface area contributed by atoms with Gasteiger partial charge in [-0.25, -0.2) is 4.79 Å². The lowest BCUT2D eigenvalue weighted by atomic mass is 10.1. The second-order valence-electron chi connectivity index (χ2n) is 3.30. The molecule has 0 spiro atoms. The molecule has 82 valence electrons. The van der Waals surface area contributed by atoms with Crippen molar-refractivity contribution in [2.24, 2.45) is 0 Å². The smallest absolute Gasteiger partial charge is 0.348 e. The number of carbonyl (C=O) groups is 1. The number of esters is 1. The summed E-state index contributed by atoms with van der Waals surface area (Å²) < 4.78 is 4.77. The lowest BCUT2D eigenvalue weighted by molar-refractivity contribution is -0.137. The first-order valence-electron chi connectivity index (χ1n) is 5.03. The SMILES string of the molecule is CCOC(=O)/C(C#N)=C/c1cccc(C)c1. The van der Waals surface area contributed by atoms with Gasteiger partial charge in [-0.3, -0.25) is 0 Å². The highest BCUT2D eigenvalue weighted by Crippen LogP contribution is 2.10. The van der Waals surface area contributed by atoms with Gasteiger partial charge in [0.2, 0.25) is 0 Å². The van der Waals surface area contributed by atoms with Crippen LogP contribution in [0.4, 0.5) is 0 Å². The Hall–Kier alpha value is -2.08. The minimum absolute atomic E-state index is 0.0208. The third-order valence-electron chi connectivity index (χ3n) is 1.97. The van der Waals surface area contributed by atoms with Gasteiger partial charge in [0, 0.05) is 0 Å². The van der Waals surface area contributed by atoms with Crippen molar-refractivity contribution in [3.63, 3.8) is 0 Å². The third kappa shape index (κ3) is 3.25. The summed E-state index contributed by atoms with van der Waals surface area (Å²) in [5, 5.41) is 8.83. The number of benzene rings is 1. The van der Waals surface area contributed by atoms with Gasteiger partial charge in [-0.1, -0.05) is 29.8 Å². The van der Waals surface area contributed by atoms with E-state index in [2.05, 4.69) is 0 Å². The van der Waals surface area contributed by atoms with Crippen LogP contribution in [0.5, 0.6) is 0 Å². The van der Waals surface area contributed by atoms with E-state index in [1.54, 1.807) is 6.92 Å². The van der Waals surface area contributed by atoms with E-state index in [-0.39, 0.29) is 12.2 Å². The Kier molecular flexibility index (Phi) is 4.28. The summed E-state index contributed by atoms with van der Waals surface area (Å²) in [5.41, 5.74) is 1.92. The Labute approximate surface area is 95.0 Å². The summed E-state index contributed by atoms with van der Waals surface area (Å²) in [4.78, 5) is 11.4. The fourth-order valence-electron chi connectivity index (χ4n) is 1.27. The molecule has 3 nitrogen and oxygen atoms in total. The van der Waals surface area contributed by atoms with Gasteiger partial charge in [-0.15, -0.1) is 0 Å². The van der Waals surface area contributed by atoms with Gasteiger partial charge in [0.15, 0.2) is 0 Å². The monoisotopic (exact) mass is 215 g/mol. The Bertz CT molecular complexity index is 455. The maximum atomic E-state index is 11.4. The molecule has 0 N–H and O–H groups in total. The molecule has 0 aromatic heterocycles. The van der Waals surface area contributed by atoms with E-state index in [1.807, 2.05) is 37.3 Å². The van der Waals surface area contributed by atoms with E-state index >= 15 is 0 Å². The molecule has 0 amide bonds. The van der Waals surface area contributed by atoms with Crippen molar-refractivity contribution in [1.29, 1.82) is 5.26 Å². The molecular weight excluding hydrogens is 202 g/mol. The predicted octanol–water partition coefficient (Wildman–Crippen LogP) is 2.47. The minimum Gasteiger partial charge on any atom is -0.462 e. The van der Waals surface area contributed by atoms with Crippen molar-refractivity contribution in [2.45, 2.75) is 13.8 Å². The molecule has 3 heteroatoms. The van der Waals surface area contributed by atoms with Crippen LogP contribution in [0.3, 0.4) is 0 Å². The second-order valence-corrected chi connectivity index (χ2v) is 3.30. The first-order chi connectivity index (χ1) is 7.67. The van der Waals surface area contributed by atoms with Crippen molar-refractivity contribution in [2.75, 3.05) is 6.61 Å². The van der Waals surface area contributed by atoms with E-state index in [4.69, 9.17) is 10.00 Å². The summed E-state index contributed by atoms with van der Waals surface area (Å²) in [6.45, 7) is 3.93. The summed E-state index contributed by atoms with van der Waals surface area (Å²) in [7, 11) is 0. The molecule has 1 aromatic carbocycles. The van der Waals surface area contributed by atoms with E-state index in [0.717, 1.165) is 11.1 Å². The Morgan fingerprint density at radius 3 is 2.88 bits per heavy atom. The summed E-state index contributed by atoms with van der Waals surface area (Å²) in [6.07, 6.45) is 1.53. The van der Waals surface area contributed by atoms with Crippen molar-refractivity contribution in [1.82, 2.24) is 0 Å². The fraction of sp³-hybridized carbons (Fsp3) is 0.231. The fourth-order valence-corrected chi connectivity index (χ4v) is 1.27. The zero-order valence-corrected chi connectivity index (χ0v) is 9.36. The normalized spacial score (nSPS) is 10.7. The zero-order valence-electron chi connectivity index (χ0n) is 9.36. The minimum atomic E-state index is -0.577. The van der Waals surface area contributed by atoms with Crippen LogP contribution in [-0.4, -0.2) is 12.6 Å². The topological polar surface area (TPSA) is 50.1 Å². The van der Waals surface area contributed by atoms with Gasteiger partial charge in [-0.05, 0) is 25.5 Å². The maximum absolute atomic E-state index is 11.4. The zero-order chi connectivity index (χ0) is 12.0. The molecule has 0 unspecified atom stereocenters. The first-order valence-corrected chi connectivity index (χ1v) is 5.03. The lowest BCUT2D eigenvalue weighted by Crippen LogP contribution is -2.05. The Morgan fingerprint density at radius 2 is 2.31 bits per heavy atom. The molecule has 0 aliphatic heterocycles. The number of rotatable bonds is 3. The molecule has 0 bridgehead atoms. The van der Waals surface area contributed by atoms with Crippen LogP contribution in [0, 0.1) is 18.3 Å². The second kappa shape index (κ2) is 5.72. The van der Waals surface area contributed by atoms with E-state index < -0.39 is 5.97 Å². The number of aryl methyl sites for hydroxylation is 1. The number of hydrogen-bond acceptors (Lipinski definition) is 3. The number of hydrogen-bond donors (Lipinski definition) is 0. The number of nitrogens with zero attached hydrogens (tertiary/aromatic N) is 1. The van der Waals surface area contributed by atoms with E-state index in [1.165, 1.54) is 6.08 Å². The van der Waals surface area contributed by atoms with Gasteiger partial charge in [0.25, 0.3) is 0 Å². The molecule has 0 heterocycles. The average molecular weight is 215 g/mol. The highest BCUT2D eigenvalue weighted by molar-refractivity contribution is 5.97. The van der Waals surface area contributed by atoms with Crippen LogP contribution in [0.15, 0.2) is 29.8 Å². The maximum Gasteiger partial charge on any atom is 0.348 e. The molecule has 0 radical (unpaired) electrons. The number of nitriles is 1. The lowest BCUT2D eigenvalue weighted by Gasteiger charge is -2.00. The van der Waals surface area contributed by atoms with Crippen LogP contribution in [0.2, 0.25) is 0 Å². The van der Waals surface area contributed by atoms with Crippen LogP contribution >= 0.6 is 0 Å². The Balaban J connectivity index is 2.97. The van der Waals surface area contributed by atoms with E-state index in [9.17, 15) is 4.79 Å².